The highest BCUT2D eigenvalue weighted by Crippen LogP contribution is 2.23. The molecule has 0 aliphatic carbocycles. The predicted molar refractivity (Wildman–Crippen MR) is 223 cm³/mol. The van der Waals surface area contributed by atoms with E-state index in [4.69, 9.17) is 9.47 Å². The highest BCUT2D eigenvalue weighted by Gasteiger charge is 2.44. The van der Waals surface area contributed by atoms with Crippen molar-refractivity contribution in [3.8, 4) is 0 Å². The molecule has 0 aromatic carbocycles. The third-order valence-electron chi connectivity index (χ3n) is 11.2. The normalized spacial score (nSPS) is 21.9. The van der Waals surface area contributed by atoms with Crippen LogP contribution < -0.4 is 5.32 Å². The minimum atomic E-state index is -1.59. The molecule has 1 amide bonds. The molecule has 8 unspecified atom stereocenters. The predicted octanol–water partition coefficient (Wildman–Crippen LogP) is 8.31. The summed E-state index contributed by atoms with van der Waals surface area (Å²) in [6, 6.07) is -0.892. The Morgan fingerprint density at radius 3 is 1.47 bits per heavy atom. The van der Waals surface area contributed by atoms with Gasteiger partial charge in [-0.3, -0.25) is 4.79 Å². The monoisotopic (exact) mass is 786 g/mol. The molecule has 10 heteroatoms. The summed E-state index contributed by atoms with van der Waals surface area (Å²) < 4.78 is 11.2. The Morgan fingerprint density at radius 1 is 0.600 bits per heavy atom. The van der Waals surface area contributed by atoms with Crippen molar-refractivity contribution in [3.63, 3.8) is 0 Å². The summed E-state index contributed by atoms with van der Waals surface area (Å²) in [5.41, 5.74) is 0. The van der Waals surface area contributed by atoms with E-state index in [1.54, 1.807) is 0 Å². The van der Waals surface area contributed by atoms with Gasteiger partial charge in [0.25, 0.3) is 0 Å². The van der Waals surface area contributed by atoms with Crippen LogP contribution in [-0.4, -0.2) is 98.7 Å². The molecule has 55 heavy (non-hydrogen) atoms. The van der Waals surface area contributed by atoms with Crippen LogP contribution in [0.1, 0.15) is 206 Å². The summed E-state index contributed by atoms with van der Waals surface area (Å²) >= 11 is 0. The molecule has 1 saturated heterocycles. The van der Waals surface area contributed by atoms with Crippen molar-refractivity contribution in [2.75, 3.05) is 13.2 Å². The molecule has 1 fully saturated rings. The van der Waals surface area contributed by atoms with E-state index in [1.807, 2.05) is 0 Å². The van der Waals surface area contributed by atoms with E-state index in [0.717, 1.165) is 57.8 Å². The molecule has 8 atom stereocenters. The van der Waals surface area contributed by atoms with Crippen LogP contribution >= 0.6 is 0 Å². The summed E-state index contributed by atoms with van der Waals surface area (Å²) in [7, 11) is 0. The third kappa shape index (κ3) is 26.5. The maximum atomic E-state index is 13.0. The topological polar surface area (TPSA) is 169 Å². The van der Waals surface area contributed by atoms with Crippen molar-refractivity contribution in [3.05, 3.63) is 12.2 Å². The molecule has 0 aromatic heterocycles. The van der Waals surface area contributed by atoms with E-state index in [-0.39, 0.29) is 6.61 Å². The number of aliphatic hydroxyl groups is 6. The van der Waals surface area contributed by atoms with Gasteiger partial charge in [0.2, 0.25) is 5.91 Å². The van der Waals surface area contributed by atoms with E-state index in [1.165, 1.54) is 122 Å². The first-order valence-electron chi connectivity index (χ1n) is 23.0. The van der Waals surface area contributed by atoms with Crippen molar-refractivity contribution in [1.29, 1.82) is 0 Å². The van der Waals surface area contributed by atoms with E-state index in [2.05, 4.69) is 31.3 Å². The summed E-state index contributed by atoms with van der Waals surface area (Å²) in [6.45, 7) is 3.65. The summed E-state index contributed by atoms with van der Waals surface area (Å²) in [6.07, 6.45) is 29.7. The number of amides is 1. The summed E-state index contributed by atoms with van der Waals surface area (Å²) in [4.78, 5) is 13.0. The van der Waals surface area contributed by atoms with Crippen LogP contribution in [0.5, 0.6) is 0 Å². The van der Waals surface area contributed by atoms with Crippen LogP contribution in [0.2, 0.25) is 0 Å². The molecule has 0 spiro atoms. The maximum absolute atomic E-state index is 13.0. The van der Waals surface area contributed by atoms with Gasteiger partial charge in [-0.25, -0.2) is 0 Å². The molecule has 0 bridgehead atoms. The first-order valence-corrected chi connectivity index (χ1v) is 23.0. The quantitative estimate of drug-likeness (QED) is 0.0241. The number of rotatable bonds is 38. The van der Waals surface area contributed by atoms with E-state index >= 15 is 0 Å². The number of carbonyl (C=O) groups is 1. The zero-order valence-corrected chi connectivity index (χ0v) is 35.3. The van der Waals surface area contributed by atoms with Gasteiger partial charge in [0, 0.05) is 0 Å². The Hall–Kier alpha value is -1.11. The van der Waals surface area contributed by atoms with Gasteiger partial charge in [-0.1, -0.05) is 180 Å². The molecule has 326 valence electrons. The van der Waals surface area contributed by atoms with Gasteiger partial charge in [0.05, 0.1) is 25.4 Å². The molecule has 0 saturated carbocycles. The lowest BCUT2D eigenvalue weighted by Gasteiger charge is -2.40. The van der Waals surface area contributed by atoms with Crippen molar-refractivity contribution in [1.82, 2.24) is 5.32 Å². The number of allylic oxidation sites excluding steroid dienone is 2. The third-order valence-corrected chi connectivity index (χ3v) is 11.2. The Morgan fingerprint density at radius 2 is 1.02 bits per heavy atom. The van der Waals surface area contributed by atoms with Crippen molar-refractivity contribution >= 4 is 5.91 Å². The smallest absolute Gasteiger partial charge is 0.249 e. The van der Waals surface area contributed by atoms with Crippen LogP contribution in [0.15, 0.2) is 12.2 Å². The van der Waals surface area contributed by atoms with Gasteiger partial charge in [0.15, 0.2) is 6.29 Å². The number of unbranched alkanes of at least 4 members (excludes halogenated alkanes) is 25. The Bertz CT molecular complexity index is 890. The zero-order valence-electron chi connectivity index (χ0n) is 35.3. The molecular formula is C45H87NO9. The molecule has 0 radical (unpaired) electrons. The van der Waals surface area contributed by atoms with Gasteiger partial charge < -0.3 is 45.4 Å². The second-order valence-electron chi connectivity index (χ2n) is 16.3. The molecule has 1 aliphatic heterocycles. The average molecular weight is 786 g/mol. The zero-order chi connectivity index (χ0) is 40.4. The molecule has 7 N–H and O–H groups in total. The molecule has 1 rings (SSSR count). The first-order chi connectivity index (χ1) is 26.8. The van der Waals surface area contributed by atoms with E-state index in [9.17, 15) is 35.4 Å². The number of aliphatic hydroxyl groups excluding tert-OH is 6. The van der Waals surface area contributed by atoms with Crippen LogP contribution in [0.3, 0.4) is 0 Å². The second-order valence-corrected chi connectivity index (χ2v) is 16.3. The van der Waals surface area contributed by atoms with Crippen LogP contribution in [0.25, 0.3) is 0 Å². The number of ether oxygens (including phenoxy) is 2. The Labute approximate surface area is 336 Å². The van der Waals surface area contributed by atoms with Crippen molar-refractivity contribution in [2.24, 2.45) is 0 Å². The number of nitrogens with one attached hydrogen (secondary N) is 1. The van der Waals surface area contributed by atoms with E-state index < -0.39 is 61.5 Å². The fourth-order valence-corrected chi connectivity index (χ4v) is 7.40. The largest absolute Gasteiger partial charge is 0.394 e. The molecule has 1 aliphatic rings. The van der Waals surface area contributed by atoms with Gasteiger partial charge >= 0.3 is 0 Å². The highest BCUT2D eigenvalue weighted by molar-refractivity contribution is 5.80. The van der Waals surface area contributed by atoms with Gasteiger partial charge in [0.1, 0.15) is 30.5 Å². The maximum Gasteiger partial charge on any atom is 0.249 e. The SMILES string of the molecule is CCCCCCCCCC/C=C\CCCCCCCCC(O)C(=O)NC(COC1OC(CO)C(O)C(O)C1O)C(O)CCCCCCCCCCCCCC. The second kappa shape index (κ2) is 36.0. The number of carbonyl (C=O) groups excluding carboxylic acids is 1. The Kier molecular flexibility index (Phi) is 34.0. The van der Waals surface area contributed by atoms with E-state index in [0.29, 0.717) is 12.8 Å². The van der Waals surface area contributed by atoms with Crippen LogP contribution in [0.4, 0.5) is 0 Å². The standard InChI is InChI=1S/C45H87NO9/c1-3-5-7-9-11-13-15-17-18-19-20-21-22-24-26-28-30-32-34-39(49)44(53)46-37(36-54-45-43(52)42(51)41(50)40(35-47)55-45)38(48)33-31-29-27-25-23-16-14-12-10-8-6-4-2/h19-20,37-43,45,47-52H,3-18,21-36H2,1-2H3,(H,46,53)/b20-19-. The van der Waals surface area contributed by atoms with Crippen molar-refractivity contribution in [2.45, 2.75) is 255 Å². The summed E-state index contributed by atoms with van der Waals surface area (Å²) in [5.74, 6) is -0.588. The molecular weight excluding hydrogens is 698 g/mol. The molecule has 0 aromatic rings. The fourth-order valence-electron chi connectivity index (χ4n) is 7.40. The van der Waals surface area contributed by atoms with Crippen molar-refractivity contribution < 1.29 is 44.9 Å². The van der Waals surface area contributed by atoms with Gasteiger partial charge in [-0.15, -0.1) is 0 Å². The van der Waals surface area contributed by atoms with Gasteiger partial charge in [-0.2, -0.15) is 0 Å². The summed E-state index contributed by atoms with van der Waals surface area (Å²) in [5, 5.41) is 64.7. The molecule has 10 nitrogen and oxygen atoms in total. The lowest BCUT2D eigenvalue weighted by Crippen LogP contribution is -2.60. The van der Waals surface area contributed by atoms with Crippen LogP contribution in [0, 0.1) is 0 Å². The number of hydrogen-bond donors (Lipinski definition) is 7. The average Bonchev–Trinajstić information content (AvgIpc) is 3.18. The minimum Gasteiger partial charge on any atom is -0.394 e. The molecule has 1 heterocycles. The lowest BCUT2D eigenvalue weighted by atomic mass is 9.99. The number of hydrogen-bond acceptors (Lipinski definition) is 9. The highest BCUT2D eigenvalue weighted by atomic mass is 16.7. The minimum absolute atomic E-state index is 0.255. The Balaban J connectivity index is 2.37. The first kappa shape index (κ1) is 51.9. The van der Waals surface area contributed by atoms with Gasteiger partial charge in [-0.05, 0) is 38.5 Å². The fraction of sp³-hybridized carbons (Fsp3) is 0.933. The lowest BCUT2D eigenvalue weighted by molar-refractivity contribution is -0.302. The van der Waals surface area contributed by atoms with Crippen LogP contribution in [-0.2, 0) is 14.3 Å².